The van der Waals surface area contributed by atoms with Crippen molar-refractivity contribution in [2.75, 3.05) is 19.0 Å². The van der Waals surface area contributed by atoms with E-state index >= 15 is 0 Å². The number of aryl methyl sites for hydroxylation is 3. The van der Waals surface area contributed by atoms with E-state index in [-0.39, 0.29) is 18.2 Å². The number of benzene rings is 2. The highest BCUT2D eigenvalue weighted by atomic mass is 79.9. The number of hydrazone groups is 1. The van der Waals surface area contributed by atoms with Crippen LogP contribution in [0.5, 0.6) is 11.5 Å². The third-order valence-corrected chi connectivity index (χ3v) is 4.48. The molecule has 2 aromatic carbocycles. The first-order valence-electron chi connectivity index (χ1n) is 8.02. The van der Waals surface area contributed by atoms with Gasteiger partial charge in [0.25, 0.3) is 5.91 Å². The summed E-state index contributed by atoms with van der Waals surface area (Å²) in [5.74, 6) is 0.0797. The molecule has 0 aliphatic carbocycles. The Morgan fingerprint density at radius 2 is 1.88 bits per heavy atom. The van der Waals surface area contributed by atoms with Crippen molar-refractivity contribution in [2.24, 2.45) is 5.10 Å². The van der Waals surface area contributed by atoms with Gasteiger partial charge in [-0.2, -0.15) is 5.10 Å². The van der Waals surface area contributed by atoms with E-state index in [4.69, 9.17) is 4.74 Å². The standard InChI is InChI=1S/C19H22BrN3O3/c1-11-5-12(2)19(13(3)6-11)21-10-18(25)23-22-9-14-7-16(24)17(26-4)8-15(14)20/h5-9,21,24H,10H2,1-4H3,(H,23,25)/b22-9-. The van der Waals surface area contributed by atoms with Crippen molar-refractivity contribution in [1.29, 1.82) is 0 Å². The number of aromatic hydroxyl groups is 1. The lowest BCUT2D eigenvalue weighted by atomic mass is 10.1. The van der Waals surface area contributed by atoms with Crippen LogP contribution < -0.4 is 15.5 Å². The van der Waals surface area contributed by atoms with Gasteiger partial charge in [0, 0.05) is 15.7 Å². The molecule has 138 valence electrons. The van der Waals surface area contributed by atoms with Gasteiger partial charge in [0.15, 0.2) is 11.5 Å². The number of phenolic OH excluding ortho intramolecular Hbond substituents is 1. The van der Waals surface area contributed by atoms with E-state index < -0.39 is 0 Å². The molecule has 0 aromatic heterocycles. The lowest BCUT2D eigenvalue weighted by molar-refractivity contribution is -0.119. The zero-order valence-corrected chi connectivity index (χ0v) is 16.8. The second-order valence-electron chi connectivity index (χ2n) is 5.97. The molecule has 0 bridgehead atoms. The number of hydrogen-bond acceptors (Lipinski definition) is 5. The van der Waals surface area contributed by atoms with E-state index in [1.807, 2.05) is 20.8 Å². The molecule has 6 nitrogen and oxygen atoms in total. The van der Waals surface area contributed by atoms with E-state index in [1.165, 1.54) is 25.0 Å². The smallest absolute Gasteiger partial charge is 0.259 e. The third kappa shape index (κ3) is 4.98. The molecule has 26 heavy (non-hydrogen) atoms. The molecule has 0 atom stereocenters. The van der Waals surface area contributed by atoms with Gasteiger partial charge >= 0.3 is 0 Å². The minimum atomic E-state index is -0.269. The first kappa shape index (κ1) is 19.8. The number of carbonyl (C=O) groups is 1. The van der Waals surface area contributed by atoms with Crippen LogP contribution in [0.3, 0.4) is 0 Å². The van der Waals surface area contributed by atoms with Crippen LogP contribution in [-0.4, -0.2) is 30.9 Å². The number of ether oxygens (including phenoxy) is 1. The number of nitrogens with one attached hydrogen (secondary N) is 2. The zero-order valence-electron chi connectivity index (χ0n) is 15.2. The van der Waals surface area contributed by atoms with Crippen LogP contribution in [0, 0.1) is 20.8 Å². The van der Waals surface area contributed by atoms with Gasteiger partial charge in [-0.25, -0.2) is 5.43 Å². The van der Waals surface area contributed by atoms with E-state index in [1.54, 1.807) is 6.07 Å². The molecule has 7 heteroatoms. The summed E-state index contributed by atoms with van der Waals surface area (Å²) in [6, 6.07) is 7.26. The topological polar surface area (TPSA) is 83.0 Å². The Morgan fingerprint density at radius 1 is 1.23 bits per heavy atom. The lowest BCUT2D eigenvalue weighted by Crippen LogP contribution is -2.26. The summed E-state index contributed by atoms with van der Waals surface area (Å²) in [7, 11) is 1.47. The predicted molar refractivity (Wildman–Crippen MR) is 107 cm³/mol. The van der Waals surface area contributed by atoms with Crippen LogP contribution in [0.4, 0.5) is 5.69 Å². The summed E-state index contributed by atoms with van der Waals surface area (Å²) in [4.78, 5) is 12.0. The maximum atomic E-state index is 12.0. The van der Waals surface area contributed by atoms with Gasteiger partial charge in [-0.15, -0.1) is 0 Å². The summed E-state index contributed by atoms with van der Waals surface area (Å²) in [6.45, 7) is 6.16. The Bertz CT molecular complexity index is 827. The van der Waals surface area contributed by atoms with Crippen molar-refractivity contribution in [1.82, 2.24) is 5.43 Å². The summed E-state index contributed by atoms with van der Waals surface area (Å²) >= 11 is 3.36. The fraction of sp³-hybridized carbons (Fsp3) is 0.263. The molecule has 3 N–H and O–H groups in total. The highest BCUT2D eigenvalue weighted by Crippen LogP contribution is 2.31. The molecule has 0 fully saturated rings. The first-order chi connectivity index (χ1) is 12.3. The van der Waals surface area contributed by atoms with Crippen LogP contribution in [-0.2, 0) is 4.79 Å². The maximum Gasteiger partial charge on any atom is 0.259 e. The lowest BCUT2D eigenvalue weighted by Gasteiger charge is -2.13. The molecule has 0 spiro atoms. The first-order valence-corrected chi connectivity index (χ1v) is 8.81. The Hall–Kier alpha value is -2.54. The third-order valence-electron chi connectivity index (χ3n) is 3.79. The van der Waals surface area contributed by atoms with E-state index in [2.05, 4.69) is 43.9 Å². The van der Waals surface area contributed by atoms with Crippen LogP contribution in [0.25, 0.3) is 0 Å². The van der Waals surface area contributed by atoms with Gasteiger partial charge in [0.1, 0.15) is 0 Å². The van der Waals surface area contributed by atoms with Crippen molar-refractivity contribution in [3.8, 4) is 11.5 Å². The molecule has 2 aromatic rings. The van der Waals surface area contributed by atoms with Crippen molar-refractivity contribution < 1.29 is 14.6 Å². The number of methoxy groups -OCH3 is 1. The monoisotopic (exact) mass is 419 g/mol. The van der Waals surface area contributed by atoms with Crippen LogP contribution in [0.1, 0.15) is 22.3 Å². The number of halogens is 1. The van der Waals surface area contributed by atoms with Gasteiger partial charge in [-0.3, -0.25) is 4.79 Å². The van der Waals surface area contributed by atoms with Gasteiger partial charge in [0.2, 0.25) is 0 Å². The zero-order chi connectivity index (χ0) is 19.3. The van der Waals surface area contributed by atoms with Crippen LogP contribution >= 0.6 is 15.9 Å². The normalized spacial score (nSPS) is 10.8. The minimum Gasteiger partial charge on any atom is -0.504 e. The molecule has 0 saturated carbocycles. The summed E-state index contributed by atoms with van der Waals surface area (Å²) < 4.78 is 5.71. The molecule has 0 saturated heterocycles. The SMILES string of the molecule is COc1cc(Br)c(/C=N\NC(=O)CNc2c(C)cc(C)cc2C)cc1O. The molecular formula is C19H22BrN3O3. The average Bonchev–Trinajstić information content (AvgIpc) is 2.56. The molecule has 0 radical (unpaired) electrons. The van der Waals surface area contributed by atoms with Gasteiger partial charge in [-0.05, 0) is 60.0 Å². The molecule has 2 rings (SSSR count). The number of anilines is 1. The van der Waals surface area contributed by atoms with E-state index in [0.717, 1.165) is 16.8 Å². The number of amides is 1. The van der Waals surface area contributed by atoms with E-state index in [0.29, 0.717) is 15.8 Å². The summed E-state index contributed by atoms with van der Waals surface area (Å²) in [6.07, 6.45) is 1.45. The molecule has 0 aliphatic heterocycles. The number of carbonyl (C=O) groups excluding carboxylic acids is 1. The number of phenols is 1. The minimum absolute atomic E-state index is 0.00420. The average molecular weight is 420 g/mol. The van der Waals surface area contributed by atoms with Gasteiger partial charge in [-0.1, -0.05) is 17.7 Å². The fourth-order valence-electron chi connectivity index (χ4n) is 2.66. The predicted octanol–water partition coefficient (Wildman–Crippen LogP) is 3.65. The second kappa shape index (κ2) is 8.71. The summed E-state index contributed by atoms with van der Waals surface area (Å²) in [5.41, 5.74) is 7.41. The highest BCUT2D eigenvalue weighted by molar-refractivity contribution is 9.10. The second-order valence-corrected chi connectivity index (χ2v) is 6.82. The molecule has 1 amide bonds. The van der Waals surface area contributed by atoms with Gasteiger partial charge in [0.05, 0.1) is 19.9 Å². The largest absolute Gasteiger partial charge is 0.504 e. The van der Waals surface area contributed by atoms with Crippen LogP contribution in [0.2, 0.25) is 0 Å². The Kier molecular flexibility index (Phi) is 6.63. The quantitative estimate of drug-likeness (QED) is 0.492. The highest BCUT2D eigenvalue weighted by Gasteiger charge is 2.08. The number of rotatable bonds is 6. The van der Waals surface area contributed by atoms with Crippen molar-refractivity contribution >= 4 is 33.7 Å². The van der Waals surface area contributed by atoms with Gasteiger partial charge < -0.3 is 15.2 Å². The summed E-state index contributed by atoms with van der Waals surface area (Å²) in [5, 5.41) is 16.9. The Morgan fingerprint density at radius 3 is 2.50 bits per heavy atom. The maximum absolute atomic E-state index is 12.0. The van der Waals surface area contributed by atoms with Crippen molar-refractivity contribution in [2.45, 2.75) is 20.8 Å². The van der Waals surface area contributed by atoms with Crippen LogP contribution in [0.15, 0.2) is 33.8 Å². The fourth-order valence-corrected chi connectivity index (χ4v) is 3.09. The van der Waals surface area contributed by atoms with E-state index in [9.17, 15) is 9.90 Å². The number of hydrogen-bond donors (Lipinski definition) is 3. The molecule has 0 unspecified atom stereocenters. The molecule has 0 heterocycles. The molecular weight excluding hydrogens is 398 g/mol. The van der Waals surface area contributed by atoms with Crippen molar-refractivity contribution in [3.05, 3.63) is 51.0 Å². The Balaban J connectivity index is 1.95. The molecule has 0 aliphatic rings. The van der Waals surface area contributed by atoms with Crippen molar-refractivity contribution in [3.63, 3.8) is 0 Å². The Labute approximate surface area is 161 Å². The number of nitrogens with zero attached hydrogens (tertiary/aromatic N) is 1.